The van der Waals surface area contributed by atoms with Crippen LogP contribution in [0, 0.1) is 0 Å². The van der Waals surface area contributed by atoms with E-state index in [1.54, 1.807) is 31.2 Å². The van der Waals surface area contributed by atoms with Gasteiger partial charge in [-0.25, -0.2) is 4.79 Å². The molecule has 0 saturated carbocycles. The number of alkyl halides is 3. The van der Waals surface area contributed by atoms with Crippen LogP contribution >= 0.6 is 47.0 Å². The highest BCUT2D eigenvalue weighted by atomic mass is 35.6. The van der Waals surface area contributed by atoms with Crippen LogP contribution in [0.5, 0.6) is 0 Å². The Bertz CT molecular complexity index is 564. The minimum absolute atomic E-state index is 0.125. The first-order valence-corrected chi connectivity index (χ1v) is 7.93. The number of ether oxygens (including phenoxy) is 1. The maximum atomic E-state index is 11.5. The number of carbonyl (C=O) groups excluding carboxylic acids is 2. The summed E-state index contributed by atoms with van der Waals surface area (Å²) in [5.41, 5.74) is 1.02. The van der Waals surface area contributed by atoms with Crippen LogP contribution in [0.15, 0.2) is 24.3 Å². The fourth-order valence-corrected chi connectivity index (χ4v) is 2.08. The summed E-state index contributed by atoms with van der Waals surface area (Å²) in [6.45, 7) is 2.03. The summed E-state index contributed by atoms with van der Waals surface area (Å²) in [4.78, 5) is 22.1. The number of hydrogen-bond donors (Lipinski definition) is 3. The summed E-state index contributed by atoms with van der Waals surface area (Å²) in [6, 6.07) is 6.44. The van der Waals surface area contributed by atoms with Crippen molar-refractivity contribution in [2.75, 3.05) is 11.9 Å². The Morgan fingerprint density at radius 3 is 2.43 bits per heavy atom. The molecule has 1 atom stereocenters. The molecule has 0 aliphatic carbocycles. The second-order valence-corrected chi connectivity index (χ2v) is 6.93. The van der Waals surface area contributed by atoms with E-state index in [9.17, 15) is 9.59 Å². The number of carbonyl (C=O) groups is 2. The van der Waals surface area contributed by atoms with Gasteiger partial charge in [0, 0.05) is 5.69 Å². The molecule has 0 aliphatic rings. The summed E-state index contributed by atoms with van der Waals surface area (Å²) in [5.74, 6) is -0.411. The smallest absolute Gasteiger partial charge is 0.338 e. The van der Waals surface area contributed by atoms with E-state index in [-0.39, 0.29) is 5.11 Å². The number of amides is 1. The van der Waals surface area contributed by atoms with Gasteiger partial charge in [0.15, 0.2) is 5.11 Å². The highest BCUT2D eigenvalue weighted by molar-refractivity contribution is 7.80. The normalized spacial score (nSPS) is 12.0. The molecule has 0 fully saturated rings. The SMILES string of the molecule is CCOC(=O)c1ccc(NC(=S)NC(NC=O)C(Cl)(Cl)Cl)cc1. The van der Waals surface area contributed by atoms with Crippen LogP contribution in [0.4, 0.5) is 5.69 Å². The van der Waals surface area contributed by atoms with Gasteiger partial charge in [0.1, 0.15) is 6.17 Å². The van der Waals surface area contributed by atoms with Crippen molar-refractivity contribution in [2.45, 2.75) is 16.9 Å². The number of benzene rings is 1. The van der Waals surface area contributed by atoms with Crippen molar-refractivity contribution < 1.29 is 14.3 Å². The zero-order valence-corrected chi connectivity index (χ0v) is 15.0. The molecule has 0 saturated heterocycles. The fourth-order valence-electron chi connectivity index (χ4n) is 1.49. The molecule has 0 spiro atoms. The Balaban J connectivity index is 2.66. The third kappa shape index (κ3) is 6.78. The molecule has 1 rings (SSSR count). The number of nitrogens with one attached hydrogen (secondary N) is 3. The largest absolute Gasteiger partial charge is 0.462 e. The summed E-state index contributed by atoms with van der Waals surface area (Å²) < 4.78 is 3.09. The van der Waals surface area contributed by atoms with Gasteiger partial charge < -0.3 is 20.7 Å². The number of rotatable bonds is 6. The summed E-state index contributed by atoms with van der Waals surface area (Å²) >= 11 is 22.2. The molecule has 10 heteroatoms. The fraction of sp³-hybridized carbons (Fsp3) is 0.308. The molecule has 1 aromatic carbocycles. The van der Waals surface area contributed by atoms with Crippen LogP contribution in [0.2, 0.25) is 0 Å². The van der Waals surface area contributed by atoms with E-state index in [2.05, 4.69) is 16.0 Å². The summed E-state index contributed by atoms with van der Waals surface area (Å²) in [5, 5.41) is 7.92. The number of hydrogen-bond acceptors (Lipinski definition) is 4. The van der Waals surface area contributed by atoms with Gasteiger partial charge in [-0.15, -0.1) is 0 Å². The topological polar surface area (TPSA) is 79.5 Å². The number of thiocarbonyl (C=S) groups is 1. The predicted molar refractivity (Wildman–Crippen MR) is 95.0 cm³/mol. The predicted octanol–water partition coefficient (Wildman–Crippen LogP) is 2.59. The molecular weight excluding hydrogens is 385 g/mol. The molecule has 0 aliphatic heterocycles. The van der Waals surface area contributed by atoms with Gasteiger partial charge >= 0.3 is 5.97 Å². The second kappa shape index (κ2) is 9.12. The van der Waals surface area contributed by atoms with Gasteiger partial charge in [-0.05, 0) is 43.4 Å². The van der Waals surface area contributed by atoms with Crippen molar-refractivity contribution in [1.29, 1.82) is 0 Å². The van der Waals surface area contributed by atoms with E-state index in [0.717, 1.165) is 0 Å². The van der Waals surface area contributed by atoms with E-state index in [1.807, 2.05) is 0 Å². The maximum absolute atomic E-state index is 11.5. The molecule has 23 heavy (non-hydrogen) atoms. The lowest BCUT2D eigenvalue weighted by molar-refractivity contribution is -0.110. The number of halogens is 3. The first kappa shape index (κ1) is 19.8. The van der Waals surface area contributed by atoms with E-state index in [4.69, 9.17) is 51.8 Å². The van der Waals surface area contributed by atoms with Gasteiger partial charge in [-0.2, -0.15) is 0 Å². The number of anilines is 1. The molecule has 6 nitrogen and oxygen atoms in total. The van der Waals surface area contributed by atoms with Crippen LogP contribution < -0.4 is 16.0 Å². The van der Waals surface area contributed by atoms with Gasteiger partial charge in [0.25, 0.3) is 0 Å². The van der Waals surface area contributed by atoms with Crippen molar-refractivity contribution in [1.82, 2.24) is 10.6 Å². The lowest BCUT2D eigenvalue weighted by atomic mass is 10.2. The van der Waals surface area contributed by atoms with Crippen LogP contribution in [0.25, 0.3) is 0 Å². The van der Waals surface area contributed by atoms with Crippen LogP contribution in [-0.2, 0) is 9.53 Å². The lowest BCUT2D eigenvalue weighted by Gasteiger charge is -2.26. The average molecular weight is 399 g/mol. The minimum Gasteiger partial charge on any atom is -0.462 e. The first-order valence-electron chi connectivity index (χ1n) is 6.39. The zero-order chi connectivity index (χ0) is 17.5. The highest BCUT2D eigenvalue weighted by Crippen LogP contribution is 2.28. The van der Waals surface area contributed by atoms with Crippen LogP contribution in [-0.4, -0.2) is 34.1 Å². The molecule has 1 unspecified atom stereocenters. The van der Waals surface area contributed by atoms with Gasteiger partial charge in [0.05, 0.1) is 12.2 Å². The Kier molecular flexibility index (Phi) is 7.84. The molecule has 0 heterocycles. The monoisotopic (exact) mass is 397 g/mol. The first-order chi connectivity index (χ1) is 10.8. The van der Waals surface area contributed by atoms with Crippen molar-refractivity contribution in [3.63, 3.8) is 0 Å². The zero-order valence-electron chi connectivity index (χ0n) is 11.9. The Morgan fingerprint density at radius 2 is 1.96 bits per heavy atom. The average Bonchev–Trinajstić information content (AvgIpc) is 2.47. The number of esters is 1. The van der Waals surface area contributed by atoms with Crippen LogP contribution in [0.1, 0.15) is 17.3 Å². The Hall–Kier alpha value is -1.28. The van der Waals surface area contributed by atoms with E-state index in [0.29, 0.717) is 24.3 Å². The van der Waals surface area contributed by atoms with Crippen molar-refractivity contribution in [2.24, 2.45) is 0 Å². The molecule has 126 valence electrons. The van der Waals surface area contributed by atoms with Crippen LogP contribution in [0.3, 0.4) is 0 Å². The third-order valence-electron chi connectivity index (χ3n) is 2.49. The molecule has 3 N–H and O–H groups in total. The van der Waals surface area contributed by atoms with E-state index >= 15 is 0 Å². The standard InChI is InChI=1S/C13H14Cl3N3O3S/c1-2-22-10(21)8-3-5-9(6-4-8)18-12(23)19-11(17-7-20)13(14,15)16/h3-7,11H,2H2,1H3,(H,17,20)(H2,18,19,23). The van der Waals surface area contributed by atoms with Crippen molar-refractivity contribution in [3.8, 4) is 0 Å². The molecule has 1 amide bonds. The Labute approximate surface area is 153 Å². The Morgan fingerprint density at radius 1 is 1.35 bits per heavy atom. The molecule has 0 aromatic heterocycles. The second-order valence-electron chi connectivity index (χ2n) is 4.16. The van der Waals surface area contributed by atoms with E-state index < -0.39 is 15.9 Å². The maximum Gasteiger partial charge on any atom is 0.338 e. The molecular formula is C13H14Cl3N3O3S. The van der Waals surface area contributed by atoms with Gasteiger partial charge in [0.2, 0.25) is 10.2 Å². The van der Waals surface area contributed by atoms with Gasteiger partial charge in [-0.1, -0.05) is 34.8 Å². The molecule has 0 bridgehead atoms. The van der Waals surface area contributed by atoms with E-state index in [1.165, 1.54) is 0 Å². The molecule has 0 radical (unpaired) electrons. The summed E-state index contributed by atoms with van der Waals surface area (Å²) in [7, 11) is 0. The highest BCUT2D eigenvalue weighted by Gasteiger charge is 2.32. The third-order valence-corrected chi connectivity index (χ3v) is 3.37. The lowest BCUT2D eigenvalue weighted by Crippen LogP contribution is -2.53. The van der Waals surface area contributed by atoms with Gasteiger partial charge in [-0.3, -0.25) is 4.79 Å². The summed E-state index contributed by atoms with van der Waals surface area (Å²) in [6.07, 6.45) is -0.625. The molecule has 1 aromatic rings. The van der Waals surface area contributed by atoms with Crippen molar-refractivity contribution >= 4 is 70.2 Å². The van der Waals surface area contributed by atoms with Crippen molar-refractivity contribution in [3.05, 3.63) is 29.8 Å². The quantitative estimate of drug-likeness (QED) is 0.225. The minimum atomic E-state index is -1.79.